The largest absolute Gasteiger partial charge is 0.395 e. The van der Waals surface area contributed by atoms with Crippen LogP contribution < -0.4 is 0 Å². The zero-order chi connectivity index (χ0) is 21.2. The first-order valence-electron chi connectivity index (χ1n) is 9.29. The monoisotopic (exact) mass is 400 g/mol. The predicted octanol–water partition coefficient (Wildman–Crippen LogP) is 0.122. The minimum atomic E-state index is -2.82. The third-order valence-electron chi connectivity index (χ3n) is 3.90. The summed E-state index contributed by atoms with van der Waals surface area (Å²) in [5.41, 5.74) is -2.70. The zero-order valence-corrected chi connectivity index (χ0v) is 17.2. The number of aliphatic hydroxyl groups is 4. The van der Waals surface area contributed by atoms with Crippen LogP contribution in [0.1, 0.15) is 41.5 Å². The highest BCUT2D eigenvalue weighted by molar-refractivity contribution is 5.02. The molecule has 0 bridgehead atoms. The van der Waals surface area contributed by atoms with Crippen molar-refractivity contribution in [3.63, 3.8) is 0 Å². The Kier molecular flexibility index (Phi) is 11.4. The average Bonchev–Trinajstić information content (AvgIpc) is 2.56. The van der Waals surface area contributed by atoms with E-state index in [1.807, 2.05) is 0 Å². The second kappa shape index (κ2) is 11.6. The van der Waals surface area contributed by atoms with Crippen LogP contribution in [0.15, 0.2) is 0 Å². The van der Waals surface area contributed by atoms with Crippen molar-refractivity contribution in [2.45, 2.75) is 59.5 Å². The van der Waals surface area contributed by atoms with Crippen LogP contribution in [0.3, 0.4) is 0 Å². The van der Waals surface area contributed by atoms with E-state index in [2.05, 4.69) is 0 Å². The van der Waals surface area contributed by atoms with Gasteiger partial charge in [-0.05, 0) is 41.5 Å². The van der Waals surface area contributed by atoms with Crippen LogP contribution in [0.4, 0.5) is 0 Å². The SMILES string of the molecule is CCOC(O)(OCC)C(CO)(C(O)(OCC)OCC)C(O)(OCC)OCC. The standard InChI is InChI=1S/C17H36O10/c1-7-22-15(19,23-8-2)14(13-18,16(20,24-9-3)25-10-4)17(21,26-11-5)27-12-6/h18-21H,7-13H2,1-6H3. The molecule has 0 radical (unpaired) electrons. The summed E-state index contributed by atoms with van der Waals surface area (Å²) in [5.74, 6) is -8.45. The van der Waals surface area contributed by atoms with Gasteiger partial charge in [0.1, 0.15) is 0 Å². The van der Waals surface area contributed by atoms with Crippen molar-refractivity contribution in [2.24, 2.45) is 5.41 Å². The Morgan fingerprint density at radius 2 is 0.667 bits per heavy atom. The summed E-state index contributed by atoms with van der Waals surface area (Å²) in [7, 11) is 0. The first-order valence-corrected chi connectivity index (χ1v) is 9.29. The van der Waals surface area contributed by atoms with Gasteiger partial charge in [-0.2, -0.15) is 0 Å². The Hall–Kier alpha value is -0.400. The zero-order valence-electron chi connectivity index (χ0n) is 17.2. The molecule has 0 fully saturated rings. The molecule has 0 unspecified atom stereocenters. The molecule has 0 heterocycles. The van der Waals surface area contributed by atoms with Gasteiger partial charge in [0.05, 0.1) is 6.61 Å². The molecule has 0 rings (SSSR count). The maximum absolute atomic E-state index is 11.3. The lowest BCUT2D eigenvalue weighted by molar-refractivity contribution is -0.590. The highest BCUT2D eigenvalue weighted by Gasteiger charge is 2.79. The molecular weight excluding hydrogens is 364 g/mol. The number of rotatable bonds is 16. The van der Waals surface area contributed by atoms with Crippen molar-refractivity contribution in [1.29, 1.82) is 0 Å². The van der Waals surface area contributed by atoms with E-state index in [-0.39, 0.29) is 39.6 Å². The lowest BCUT2D eigenvalue weighted by Crippen LogP contribution is -2.78. The molecule has 4 N–H and O–H groups in total. The molecule has 164 valence electrons. The van der Waals surface area contributed by atoms with E-state index in [0.29, 0.717) is 0 Å². The predicted molar refractivity (Wildman–Crippen MR) is 94.1 cm³/mol. The van der Waals surface area contributed by atoms with Gasteiger partial charge in [0.25, 0.3) is 0 Å². The Labute approximate surface area is 160 Å². The van der Waals surface area contributed by atoms with Gasteiger partial charge in [-0.15, -0.1) is 0 Å². The fraction of sp³-hybridized carbons (Fsp3) is 1.00. The number of aliphatic hydroxyl groups excluding tert-OH is 1. The van der Waals surface area contributed by atoms with Crippen molar-refractivity contribution in [3.8, 4) is 0 Å². The van der Waals surface area contributed by atoms with E-state index in [0.717, 1.165) is 0 Å². The molecule has 0 aromatic carbocycles. The fourth-order valence-electron chi connectivity index (χ4n) is 2.94. The lowest BCUT2D eigenvalue weighted by atomic mass is 9.78. The molecule has 0 aliphatic rings. The maximum Gasteiger partial charge on any atom is 0.305 e. The van der Waals surface area contributed by atoms with Crippen LogP contribution in [-0.2, 0) is 28.4 Å². The van der Waals surface area contributed by atoms with Crippen LogP contribution in [0, 0.1) is 5.41 Å². The van der Waals surface area contributed by atoms with Gasteiger partial charge in [-0.25, -0.2) is 0 Å². The summed E-state index contributed by atoms with van der Waals surface area (Å²) in [5, 5.41) is 44.1. The van der Waals surface area contributed by atoms with Crippen molar-refractivity contribution in [1.82, 2.24) is 0 Å². The molecule has 0 aromatic rings. The van der Waals surface area contributed by atoms with E-state index in [4.69, 9.17) is 28.4 Å². The van der Waals surface area contributed by atoms with Crippen LogP contribution >= 0.6 is 0 Å². The molecule has 27 heavy (non-hydrogen) atoms. The van der Waals surface area contributed by atoms with Gasteiger partial charge in [-0.3, -0.25) is 0 Å². The normalized spacial score (nSPS) is 14.0. The third-order valence-corrected chi connectivity index (χ3v) is 3.90. The molecule has 0 aliphatic carbocycles. The Morgan fingerprint density at radius 1 is 0.481 bits per heavy atom. The summed E-state index contributed by atoms with van der Waals surface area (Å²) in [6.07, 6.45) is 0. The second-order valence-electron chi connectivity index (χ2n) is 5.41. The van der Waals surface area contributed by atoms with Gasteiger partial charge < -0.3 is 48.8 Å². The quantitative estimate of drug-likeness (QED) is 0.264. The summed E-state index contributed by atoms with van der Waals surface area (Å²) >= 11 is 0. The molecule has 10 nitrogen and oxygen atoms in total. The summed E-state index contributed by atoms with van der Waals surface area (Å²) < 4.78 is 32.0. The molecule has 0 spiro atoms. The molecule has 0 amide bonds. The Morgan fingerprint density at radius 3 is 0.778 bits per heavy atom. The first kappa shape index (κ1) is 26.6. The lowest BCUT2D eigenvalue weighted by Gasteiger charge is -2.56. The van der Waals surface area contributed by atoms with Crippen LogP contribution in [0.5, 0.6) is 0 Å². The number of hydrogen-bond acceptors (Lipinski definition) is 10. The minimum Gasteiger partial charge on any atom is -0.395 e. The van der Waals surface area contributed by atoms with Crippen molar-refractivity contribution in [2.75, 3.05) is 46.2 Å². The first-order chi connectivity index (χ1) is 12.7. The topological polar surface area (TPSA) is 136 Å². The van der Waals surface area contributed by atoms with Gasteiger partial charge in [-0.1, -0.05) is 0 Å². The van der Waals surface area contributed by atoms with Crippen LogP contribution in [0.2, 0.25) is 0 Å². The van der Waals surface area contributed by atoms with E-state index in [9.17, 15) is 20.4 Å². The molecule has 0 aliphatic heterocycles. The van der Waals surface area contributed by atoms with E-state index >= 15 is 0 Å². The highest BCUT2D eigenvalue weighted by atomic mass is 16.9. The third kappa shape index (κ3) is 4.96. The minimum absolute atomic E-state index is 0.110. The van der Waals surface area contributed by atoms with Gasteiger partial charge in [0.2, 0.25) is 5.41 Å². The second-order valence-corrected chi connectivity index (χ2v) is 5.41. The maximum atomic E-state index is 11.3. The van der Waals surface area contributed by atoms with Gasteiger partial charge in [0.15, 0.2) is 0 Å². The molecule has 0 saturated heterocycles. The highest BCUT2D eigenvalue weighted by Crippen LogP contribution is 2.53. The Bertz CT molecular complexity index is 330. The number of hydrogen-bond donors (Lipinski definition) is 4. The summed E-state index contributed by atoms with van der Waals surface area (Å²) in [6, 6.07) is 0. The van der Waals surface area contributed by atoms with Crippen molar-refractivity contribution in [3.05, 3.63) is 0 Å². The smallest absolute Gasteiger partial charge is 0.305 e. The van der Waals surface area contributed by atoms with Crippen LogP contribution in [-0.4, -0.2) is 84.6 Å². The fourth-order valence-corrected chi connectivity index (χ4v) is 2.94. The van der Waals surface area contributed by atoms with Crippen LogP contribution in [0.25, 0.3) is 0 Å². The summed E-state index contributed by atoms with van der Waals surface area (Å²) in [4.78, 5) is 0. The molecular formula is C17H36O10. The molecule has 0 aromatic heterocycles. The van der Waals surface area contributed by atoms with Gasteiger partial charge in [0, 0.05) is 39.6 Å². The average molecular weight is 400 g/mol. The van der Waals surface area contributed by atoms with E-state index < -0.39 is 29.9 Å². The van der Waals surface area contributed by atoms with Crippen molar-refractivity contribution < 1.29 is 48.8 Å². The van der Waals surface area contributed by atoms with Crippen molar-refractivity contribution >= 4 is 0 Å². The summed E-state index contributed by atoms with van der Waals surface area (Å²) in [6.45, 7) is 7.47. The Balaban J connectivity index is 6.97. The molecule has 0 saturated carbocycles. The molecule has 10 heteroatoms. The van der Waals surface area contributed by atoms with E-state index in [1.54, 1.807) is 41.5 Å². The molecule has 0 atom stereocenters. The van der Waals surface area contributed by atoms with E-state index in [1.165, 1.54) is 0 Å². The number of ether oxygens (including phenoxy) is 6. The van der Waals surface area contributed by atoms with Gasteiger partial charge >= 0.3 is 17.9 Å².